The summed E-state index contributed by atoms with van der Waals surface area (Å²) >= 11 is 6.71. The Bertz CT molecular complexity index is 452. The highest BCUT2D eigenvalue weighted by molar-refractivity contribution is 9.09. The van der Waals surface area contributed by atoms with Gasteiger partial charge in [0.25, 0.3) is 0 Å². The highest BCUT2D eigenvalue weighted by Gasteiger charge is 2.25. The average Bonchev–Trinajstić information content (AvgIpc) is 2.38. The normalized spacial score (nSPS) is 11.5. The third kappa shape index (κ3) is 3.82. The summed E-state index contributed by atoms with van der Waals surface area (Å²) in [5.74, 6) is 0.0725. The van der Waals surface area contributed by atoms with E-state index in [0.29, 0.717) is 10.8 Å². The summed E-state index contributed by atoms with van der Waals surface area (Å²) in [6.07, 6.45) is 0.915. The summed E-state index contributed by atoms with van der Waals surface area (Å²) < 4.78 is 0. The van der Waals surface area contributed by atoms with Crippen LogP contribution in [0, 0.1) is 0 Å². The van der Waals surface area contributed by atoms with Crippen LogP contribution >= 0.6 is 31.9 Å². The number of carbonyl (C=O) groups is 1. The molecule has 0 aromatic heterocycles. The van der Waals surface area contributed by atoms with Gasteiger partial charge in [0, 0.05) is 0 Å². The summed E-state index contributed by atoms with van der Waals surface area (Å²) in [7, 11) is 0. The maximum atomic E-state index is 12.1. The van der Waals surface area contributed by atoms with E-state index in [-0.39, 0.29) is 11.3 Å². The second-order valence-electron chi connectivity index (χ2n) is 5.49. The van der Waals surface area contributed by atoms with Crippen LogP contribution in [0.2, 0.25) is 0 Å². The molecule has 1 aromatic rings. The zero-order chi connectivity index (χ0) is 14.6. The standard InChI is InChI=1S/C15H21Br2NO/c1-5-11-7-6-8-12(15(2,3)4)14(11)18(10-17)13(19)9-16/h6-8H,5,9-10H2,1-4H3. The third-order valence-electron chi connectivity index (χ3n) is 3.11. The number of hydrogen-bond donors (Lipinski definition) is 0. The topological polar surface area (TPSA) is 20.3 Å². The number of alkyl halides is 2. The number of rotatable bonds is 4. The second kappa shape index (κ2) is 6.89. The summed E-state index contributed by atoms with van der Waals surface area (Å²) in [5.41, 5.74) is 3.99. The minimum atomic E-state index is 0.00747. The Balaban J connectivity index is 3.48. The van der Waals surface area contributed by atoms with E-state index in [4.69, 9.17) is 0 Å². The lowest BCUT2D eigenvalue weighted by Crippen LogP contribution is -2.33. The molecule has 4 heteroatoms. The van der Waals surface area contributed by atoms with Crippen molar-refractivity contribution >= 4 is 43.5 Å². The van der Waals surface area contributed by atoms with Gasteiger partial charge in [0.05, 0.1) is 16.5 Å². The molecule has 19 heavy (non-hydrogen) atoms. The molecule has 0 atom stereocenters. The molecular weight excluding hydrogens is 370 g/mol. The van der Waals surface area contributed by atoms with Crippen LogP contribution in [0.3, 0.4) is 0 Å². The second-order valence-corrected chi connectivity index (χ2v) is 6.55. The molecule has 0 spiro atoms. The number of nitrogens with zero attached hydrogens (tertiary/aromatic N) is 1. The summed E-state index contributed by atoms with van der Waals surface area (Å²) in [4.78, 5) is 14.0. The lowest BCUT2D eigenvalue weighted by molar-refractivity contribution is -0.115. The van der Waals surface area contributed by atoms with Crippen molar-refractivity contribution in [2.45, 2.75) is 39.5 Å². The first-order chi connectivity index (χ1) is 8.86. The van der Waals surface area contributed by atoms with E-state index in [9.17, 15) is 4.79 Å². The number of para-hydroxylation sites is 1. The molecule has 0 unspecified atom stereocenters. The fourth-order valence-electron chi connectivity index (χ4n) is 2.12. The Hall–Kier alpha value is -0.350. The number of halogens is 2. The minimum absolute atomic E-state index is 0.00747. The summed E-state index contributed by atoms with van der Waals surface area (Å²) in [6, 6.07) is 6.29. The molecule has 0 fully saturated rings. The molecule has 0 aliphatic rings. The molecule has 0 aliphatic carbocycles. The van der Waals surface area contributed by atoms with E-state index in [1.54, 1.807) is 0 Å². The predicted molar refractivity (Wildman–Crippen MR) is 89.6 cm³/mol. The van der Waals surface area contributed by atoms with Gasteiger partial charge in [-0.3, -0.25) is 4.79 Å². The molecule has 106 valence electrons. The van der Waals surface area contributed by atoms with E-state index in [0.717, 1.165) is 12.1 Å². The molecule has 0 radical (unpaired) electrons. The highest BCUT2D eigenvalue weighted by Crippen LogP contribution is 2.35. The third-order valence-corrected chi connectivity index (χ3v) is 4.09. The minimum Gasteiger partial charge on any atom is -0.301 e. The zero-order valence-corrected chi connectivity index (χ0v) is 15.1. The fraction of sp³-hybridized carbons (Fsp3) is 0.533. The van der Waals surface area contributed by atoms with Crippen molar-refractivity contribution in [3.63, 3.8) is 0 Å². The molecule has 0 heterocycles. The average molecular weight is 391 g/mol. The Morgan fingerprint density at radius 1 is 1.26 bits per heavy atom. The maximum Gasteiger partial charge on any atom is 0.238 e. The molecular formula is C15H21Br2NO. The molecule has 0 aliphatic heterocycles. The quantitative estimate of drug-likeness (QED) is 0.542. The lowest BCUT2D eigenvalue weighted by Gasteiger charge is -2.30. The monoisotopic (exact) mass is 389 g/mol. The predicted octanol–water partition coefficient (Wildman–Crippen LogP) is 4.63. The number of aryl methyl sites for hydroxylation is 1. The van der Waals surface area contributed by atoms with Crippen LogP contribution in [0.15, 0.2) is 18.2 Å². The van der Waals surface area contributed by atoms with Crippen molar-refractivity contribution in [2.75, 3.05) is 15.7 Å². The van der Waals surface area contributed by atoms with Crippen LogP contribution in [-0.2, 0) is 16.6 Å². The van der Waals surface area contributed by atoms with Gasteiger partial charge in [-0.05, 0) is 23.0 Å². The Labute approximate surface area is 132 Å². The fourth-order valence-corrected chi connectivity index (χ4v) is 2.96. The molecule has 1 aromatic carbocycles. The van der Waals surface area contributed by atoms with E-state index >= 15 is 0 Å². The van der Waals surface area contributed by atoms with Crippen molar-refractivity contribution in [3.05, 3.63) is 29.3 Å². The van der Waals surface area contributed by atoms with E-state index in [2.05, 4.69) is 77.8 Å². The first-order valence-electron chi connectivity index (χ1n) is 6.41. The molecule has 1 rings (SSSR count). The van der Waals surface area contributed by atoms with Gasteiger partial charge in [-0.1, -0.05) is 77.8 Å². The van der Waals surface area contributed by atoms with Gasteiger partial charge < -0.3 is 4.90 Å². The van der Waals surface area contributed by atoms with Crippen molar-refractivity contribution in [1.29, 1.82) is 0 Å². The summed E-state index contributed by atoms with van der Waals surface area (Å²) in [5, 5.41) is 0.334. The van der Waals surface area contributed by atoms with Crippen LogP contribution < -0.4 is 4.90 Å². The van der Waals surface area contributed by atoms with Gasteiger partial charge in [-0.25, -0.2) is 0 Å². The Kier molecular flexibility index (Phi) is 6.06. The first-order valence-corrected chi connectivity index (χ1v) is 8.65. The van der Waals surface area contributed by atoms with Crippen molar-refractivity contribution < 1.29 is 4.79 Å². The number of anilines is 1. The van der Waals surface area contributed by atoms with Gasteiger partial charge in [0.2, 0.25) is 5.91 Å². The van der Waals surface area contributed by atoms with Gasteiger partial charge in [-0.2, -0.15) is 0 Å². The van der Waals surface area contributed by atoms with Crippen LogP contribution in [-0.4, -0.2) is 16.7 Å². The Morgan fingerprint density at radius 3 is 2.32 bits per heavy atom. The SMILES string of the molecule is CCc1cccc(C(C)(C)C)c1N(CBr)C(=O)CBr. The smallest absolute Gasteiger partial charge is 0.238 e. The molecule has 0 saturated heterocycles. The van der Waals surface area contributed by atoms with E-state index in [1.165, 1.54) is 11.1 Å². The van der Waals surface area contributed by atoms with Gasteiger partial charge >= 0.3 is 0 Å². The zero-order valence-electron chi connectivity index (χ0n) is 12.0. The van der Waals surface area contributed by atoms with E-state index in [1.807, 2.05) is 4.90 Å². The number of carbonyl (C=O) groups excluding carboxylic acids is 1. The molecule has 0 saturated carbocycles. The van der Waals surface area contributed by atoms with Gasteiger partial charge in [0.1, 0.15) is 0 Å². The van der Waals surface area contributed by atoms with Crippen LogP contribution in [0.5, 0.6) is 0 Å². The molecule has 1 amide bonds. The largest absolute Gasteiger partial charge is 0.301 e. The maximum absolute atomic E-state index is 12.1. The number of hydrogen-bond acceptors (Lipinski definition) is 1. The molecule has 2 nitrogen and oxygen atoms in total. The van der Waals surface area contributed by atoms with E-state index < -0.39 is 0 Å². The number of benzene rings is 1. The van der Waals surface area contributed by atoms with Crippen LogP contribution in [0.25, 0.3) is 0 Å². The van der Waals surface area contributed by atoms with Crippen LogP contribution in [0.4, 0.5) is 5.69 Å². The molecule has 0 N–H and O–H groups in total. The van der Waals surface area contributed by atoms with Crippen molar-refractivity contribution in [1.82, 2.24) is 0 Å². The highest BCUT2D eigenvalue weighted by atomic mass is 79.9. The molecule has 0 bridgehead atoms. The first kappa shape index (κ1) is 16.7. The van der Waals surface area contributed by atoms with Crippen molar-refractivity contribution in [3.8, 4) is 0 Å². The van der Waals surface area contributed by atoms with Gasteiger partial charge in [-0.15, -0.1) is 0 Å². The summed E-state index contributed by atoms with van der Waals surface area (Å²) in [6.45, 7) is 8.65. The lowest BCUT2D eigenvalue weighted by atomic mass is 9.83. The van der Waals surface area contributed by atoms with Crippen molar-refractivity contribution in [2.24, 2.45) is 0 Å². The number of amides is 1. The van der Waals surface area contributed by atoms with Gasteiger partial charge in [0.15, 0.2) is 0 Å². The Morgan fingerprint density at radius 2 is 1.89 bits per heavy atom. The van der Waals surface area contributed by atoms with Crippen LogP contribution in [0.1, 0.15) is 38.8 Å².